The lowest BCUT2D eigenvalue weighted by atomic mass is 9.94. The van der Waals surface area contributed by atoms with E-state index in [2.05, 4.69) is 5.32 Å². The molecule has 1 atom stereocenters. The van der Waals surface area contributed by atoms with Gasteiger partial charge in [-0.2, -0.15) is 0 Å². The maximum Gasteiger partial charge on any atom is 0.256 e. The summed E-state index contributed by atoms with van der Waals surface area (Å²) in [7, 11) is 0. The van der Waals surface area contributed by atoms with Crippen LogP contribution >= 0.6 is 0 Å². The summed E-state index contributed by atoms with van der Waals surface area (Å²) in [6.45, 7) is 6.45. The second-order valence-electron chi connectivity index (χ2n) is 7.16. The summed E-state index contributed by atoms with van der Waals surface area (Å²) in [6, 6.07) is 0.0553. The summed E-state index contributed by atoms with van der Waals surface area (Å²) < 4.78 is 0. The molecule has 2 fully saturated rings. The monoisotopic (exact) mass is 320 g/mol. The minimum absolute atomic E-state index is 0.0553. The van der Waals surface area contributed by atoms with Crippen molar-refractivity contribution in [3.8, 4) is 0 Å². The van der Waals surface area contributed by atoms with E-state index < -0.39 is 5.92 Å². The van der Waals surface area contributed by atoms with E-state index in [0.29, 0.717) is 18.0 Å². The summed E-state index contributed by atoms with van der Waals surface area (Å²) in [6.07, 6.45) is 6.96. The minimum atomic E-state index is -0.396. The Morgan fingerprint density at radius 3 is 2.48 bits per heavy atom. The van der Waals surface area contributed by atoms with Crippen molar-refractivity contribution in [3.05, 3.63) is 11.6 Å². The molecule has 0 radical (unpaired) electrons. The molecule has 0 aromatic carbocycles. The topological polar surface area (TPSA) is 66.5 Å². The molecule has 1 unspecified atom stereocenters. The van der Waals surface area contributed by atoms with Crippen molar-refractivity contribution in [3.63, 3.8) is 0 Å². The van der Waals surface area contributed by atoms with Gasteiger partial charge in [0.25, 0.3) is 5.91 Å². The maximum absolute atomic E-state index is 12.5. The summed E-state index contributed by atoms with van der Waals surface area (Å²) >= 11 is 0. The number of nitrogens with one attached hydrogen (secondary N) is 1. The van der Waals surface area contributed by atoms with E-state index in [4.69, 9.17) is 0 Å². The van der Waals surface area contributed by atoms with Crippen LogP contribution in [0.4, 0.5) is 0 Å². The van der Waals surface area contributed by atoms with Gasteiger partial charge in [0.2, 0.25) is 11.8 Å². The Hall–Kier alpha value is -1.65. The number of imide groups is 1. The minimum Gasteiger partial charge on any atom is -0.355 e. The molecule has 5 nitrogen and oxygen atoms in total. The van der Waals surface area contributed by atoms with Crippen LogP contribution in [-0.4, -0.2) is 35.2 Å². The normalized spacial score (nSPS) is 23.0. The summed E-state index contributed by atoms with van der Waals surface area (Å²) in [4.78, 5) is 38.3. The van der Waals surface area contributed by atoms with Crippen molar-refractivity contribution in [2.75, 3.05) is 6.54 Å². The van der Waals surface area contributed by atoms with Crippen LogP contribution in [0, 0.1) is 11.8 Å². The third-order valence-corrected chi connectivity index (χ3v) is 4.59. The van der Waals surface area contributed by atoms with Gasteiger partial charge >= 0.3 is 0 Å². The van der Waals surface area contributed by atoms with Crippen molar-refractivity contribution in [1.29, 1.82) is 0 Å². The van der Waals surface area contributed by atoms with Gasteiger partial charge in [-0.1, -0.05) is 46.1 Å². The fourth-order valence-corrected chi connectivity index (χ4v) is 3.27. The van der Waals surface area contributed by atoms with Crippen LogP contribution in [0.1, 0.15) is 59.3 Å². The van der Waals surface area contributed by atoms with Crippen LogP contribution in [0.2, 0.25) is 0 Å². The van der Waals surface area contributed by atoms with Gasteiger partial charge in [-0.3, -0.25) is 19.3 Å². The van der Waals surface area contributed by atoms with Crippen LogP contribution < -0.4 is 5.32 Å². The second-order valence-corrected chi connectivity index (χ2v) is 7.16. The van der Waals surface area contributed by atoms with Crippen molar-refractivity contribution in [2.24, 2.45) is 11.8 Å². The number of hydrogen-bond donors (Lipinski definition) is 1. The quantitative estimate of drug-likeness (QED) is 0.625. The molecule has 23 heavy (non-hydrogen) atoms. The summed E-state index contributed by atoms with van der Waals surface area (Å²) in [5.74, 6) is -0.405. The Bertz CT molecular complexity index is 504. The SMILES string of the molecule is CC(C)CNC(=O)C(C)/C=C1\CC(=O)N(C2CCCCC2)C1=O. The third-order valence-electron chi connectivity index (χ3n) is 4.59. The molecule has 0 aromatic rings. The van der Waals surface area contributed by atoms with Gasteiger partial charge in [0.1, 0.15) is 0 Å². The summed E-state index contributed by atoms with van der Waals surface area (Å²) in [5.41, 5.74) is 0.479. The highest BCUT2D eigenvalue weighted by Gasteiger charge is 2.39. The molecule has 0 aromatic heterocycles. The first-order valence-corrected chi connectivity index (χ1v) is 8.75. The first-order valence-electron chi connectivity index (χ1n) is 8.75. The Kier molecular flexibility index (Phi) is 5.97. The molecule has 1 saturated carbocycles. The molecule has 1 aliphatic carbocycles. The zero-order valence-corrected chi connectivity index (χ0v) is 14.4. The average Bonchev–Trinajstić information content (AvgIpc) is 2.79. The Balaban J connectivity index is 2.01. The van der Waals surface area contributed by atoms with Crippen LogP contribution in [0.25, 0.3) is 0 Å². The Morgan fingerprint density at radius 1 is 1.22 bits per heavy atom. The first kappa shape index (κ1) is 17.7. The Morgan fingerprint density at radius 2 is 1.87 bits per heavy atom. The molecule has 1 aliphatic heterocycles. The molecule has 1 saturated heterocycles. The van der Waals surface area contributed by atoms with Crippen LogP contribution in [0.5, 0.6) is 0 Å². The smallest absolute Gasteiger partial charge is 0.256 e. The van der Waals surface area contributed by atoms with Crippen molar-refractivity contribution >= 4 is 17.7 Å². The fourth-order valence-electron chi connectivity index (χ4n) is 3.27. The van der Waals surface area contributed by atoms with Crippen molar-refractivity contribution in [1.82, 2.24) is 10.2 Å². The lowest BCUT2D eigenvalue weighted by molar-refractivity contribution is -0.141. The number of carbonyl (C=O) groups is 3. The number of nitrogens with zero attached hydrogens (tertiary/aromatic N) is 1. The van der Waals surface area contributed by atoms with Gasteiger partial charge in [0.15, 0.2) is 0 Å². The zero-order valence-electron chi connectivity index (χ0n) is 14.4. The lowest BCUT2D eigenvalue weighted by Crippen LogP contribution is -2.40. The highest BCUT2D eigenvalue weighted by atomic mass is 16.2. The first-order chi connectivity index (χ1) is 10.9. The van der Waals surface area contributed by atoms with Crippen LogP contribution in [-0.2, 0) is 14.4 Å². The van der Waals surface area contributed by atoms with E-state index >= 15 is 0 Å². The molecule has 1 N–H and O–H groups in total. The fraction of sp³-hybridized carbons (Fsp3) is 0.722. The van der Waals surface area contributed by atoms with Gasteiger partial charge in [-0.25, -0.2) is 0 Å². The predicted octanol–water partition coefficient (Wildman–Crippen LogP) is 2.41. The van der Waals surface area contributed by atoms with Gasteiger partial charge in [0, 0.05) is 18.2 Å². The number of hydrogen-bond acceptors (Lipinski definition) is 3. The molecule has 3 amide bonds. The number of likely N-dealkylation sites (tertiary alicyclic amines) is 1. The molecule has 0 bridgehead atoms. The molecular formula is C18H28N2O3. The molecule has 5 heteroatoms. The summed E-state index contributed by atoms with van der Waals surface area (Å²) in [5, 5.41) is 2.86. The highest BCUT2D eigenvalue weighted by molar-refractivity contribution is 6.13. The molecule has 2 aliphatic rings. The largest absolute Gasteiger partial charge is 0.355 e. The Labute approximate surface area is 138 Å². The van der Waals surface area contributed by atoms with E-state index in [9.17, 15) is 14.4 Å². The highest BCUT2D eigenvalue weighted by Crippen LogP contribution is 2.29. The second kappa shape index (κ2) is 7.75. The maximum atomic E-state index is 12.5. The standard InChI is InChI=1S/C18H28N2O3/c1-12(2)11-19-17(22)13(3)9-14-10-16(21)20(18(14)23)15-7-5-4-6-8-15/h9,12-13,15H,4-8,10-11H2,1-3H3,(H,19,22)/b14-9+. The number of rotatable bonds is 5. The van der Waals surface area contributed by atoms with E-state index in [0.717, 1.165) is 25.7 Å². The van der Waals surface area contributed by atoms with E-state index in [1.807, 2.05) is 13.8 Å². The number of amides is 3. The van der Waals surface area contributed by atoms with Gasteiger partial charge in [-0.05, 0) is 18.8 Å². The van der Waals surface area contributed by atoms with Crippen molar-refractivity contribution in [2.45, 2.75) is 65.3 Å². The van der Waals surface area contributed by atoms with Crippen LogP contribution in [0.3, 0.4) is 0 Å². The van der Waals surface area contributed by atoms with E-state index in [-0.39, 0.29) is 30.2 Å². The van der Waals surface area contributed by atoms with Gasteiger partial charge < -0.3 is 5.32 Å². The average molecular weight is 320 g/mol. The molecule has 2 rings (SSSR count). The molecule has 1 heterocycles. The van der Waals surface area contributed by atoms with E-state index in [1.165, 1.54) is 11.3 Å². The molecule has 128 valence electrons. The van der Waals surface area contributed by atoms with Gasteiger partial charge in [-0.15, -0.1) is 0 Å². The third kappa shape index (κ3) is 4.43. The van der Waals surface area contributed by atoms with Gasteiger partial charge in [0.05, 0.1) is 12.3 Å². The predicted molar refractivity (Wildman–Crippen MR) is 88.4 cm³/mol. The van der Waals surface area contributed by atoms with E-state index in [1.54, 1.807) is 13.0 Å². The molecule has 0 spiro atoms. The number of carbonyl (C=O) groups excluding carboxylic acids is 3. The zero-order chi connectivity index (χ0) is 17.0. The van der Waals surface area contributed by atoms with Crippen molar-refractivity contribution < 1.29 is 14.4 Å². The van der Waals surface area contributed by atoms with Crippen LogP contribution in [0.15, 0.2) is 11.6 Å². The molecular weight excluding hydrogens is 292 g/mol. The lowest BCUT2D eigenvalue weighted by Gasteiger charge is -2.29.